The van der Waals surface area contributed by atoms with Gasteiger partial charge >= 0.3 is 0 Å². The highest BCUT2D eigenvalue weighted by Gasteiger charge is 2.09. The molecule has 1 N–H and O–H groups in total. The molecule has 1 heterocycles. The molecule has 0 fully saturated rings. The largest absolute Gasteiger partial charge is 0.491 e. The molecule has 0 amide bonds. The summed E-state index contributed by atoms with van der Waals surface area (Å²) in [4.78, 5) is 4.12. The molecule has 0 bridgehead atoms. The number of aromatic nitrogens is 1. The van der Waals surface area contributed by atoms with Gasteiger partial charge < -0.3 is 9.84 Å². The predicted octanol–water partition coefficient (Wildman–Crippen LogP) is 3.41. The van der Waals surface area contributed by atoms with E-state index < -0.39 is 6.10 Å². The summed E-state index contributed by atoms with van der Waals surface area (Å²) in [6, 6.07) is 9.16. The van der Waals surface area contributed by atoms with Crippen LogP contribution < -0.4 is 4.74 Å². The molecule has 0 aliphatic heterocycles. The highest BCUT2D eigenvalue weighted by molar-refractivity contribution is 7.99. The van der Waals surface area contributed by atoms with Gasteiger partial charge in [0.25, 0.3) is 0 Å². The monoisotopic (exact) mass is 313 g/mol. The molecule has 1 aromatic heterocycles. The van der Waals surface area contributed by atoms with Gasteiger partial charge in [-0.1, -0.05) is 11.6 Å². The highest BCUT2D eigenvalue weighted by atomic mass is 35.5. The minimum atomic E-state index is -0.664. The van der Waals surface area contributed by atoms with E-state index in [0.29, 0.717) is 21.6 Å². The first-order valence-electron chi connectivity index (χ1n) is 5.95. The molecular weight excluding hydrogens is 301 g/mol. The number of halogens is 2. The third-order valence-electron chi connectivity index (χ3n) is 2.39. The van der Waals surface area contributed by atoms with Crippen LogP contribution in [0.3, 0.4) is 0 Å². The van der Waals surface area contributed by atoms with Crippen molar-refractivity contribution in [2.24, 2.45) is 0 Å². The Labute approximate surface area is 125 Å². The Balaban J connectivity index is 1.77. The minimum Gasteiger partial charge on any atom is -0.491 e. The first-order chi connectivity index (χ1) is 9.65. The van der Waals surface area contributed by atoms with E-state index in [-0.39, 0.29) is 12.4 Å². The van der Waals surface area contributed by atoms with Crippen molar-refractivity contribution in [1.29, 1.82) is 0 Å². The summed E-state index contributed by atoms with van der Waals surface area (Å²) in [6.45, 7) is 0.128. The number of aliphatic hydroxyl groups is 1. The predicted molar refractivity (Wildman–Crippen MR) is 77.9 cm³/mol. The summed E-state index contributed by atoms with van der Waals surface area (Å²) in [5.41, 5.74) is 0. The van der Waals surface area contributed by atoms with Gasteiger partial charge in [0, 0.05) is 11.9 Å². The fourth-order valence-corrected chi connectivity index (χ4v) is 2.50. The quantitative estimate of drug-likeness (QED) is 0.830. The zero-order chi connectivity index (χ0) is 14.4. The smallest absolute Gasteiger partial charge is 0.123 e. The van der Waals surface area contributed by atoms with Crippen LogP contribution in [0.5, 0.6) is 5.75 Å². The summed E-state index contributed by atoms with van der Waals surface area (Å²) in [5.74, 6) is 0.613. The molecule has 20 heavy (non-hydrogen) atoms. The number of benzene rings is 1. The number of thioether (sulfide) groups is 1. The Kier molecular flexibility index (Phi) is 5.64. The van der Waals surface area contributed by atoms with Crippen molar-refractivity contribution in [2.45, 2.75) is 11.1 Å². The fraction of sp³-hybridized carbons (Fsp3) is 0.214. The number of rotatable bonds is 6. The van der Waals surface area contributed by atoms with Gasteiger partial charge in [-0.15, -0.1) is 11.8 Å². The molecule has 1 unspecified atom stereocenters. The molecule has 0 spiro atoms. The van der Waals surface area contributed by atoms with Gasteiger partial charge in [0.2, 0.25) is 0 Å². The summed E-state index contributed by atoms with van der Waals surface area (Å²) in [7, 11) is 0. The maximum absolute atomic E-state index is 12.7. The number of nitrogens with zero attached hydrogens (tertiary/aromatic N) is 1. The summed E-state index contributed by atoms with van der Waals surface area (Å²) < 4.78 is 18.1. The Morgan fingerprint density at radius 1 is 1.30 bits per heavy atom. The average molecular weight is 314 g/mol. The average Bonchev–Trinajstić information content (AvgIpc) is 2.46. The highest BCUT2D eigenvalue weighted by Crippen LogP contribution is 2.24. The first-order valence-corrected chi connectivity index (χ1v) is 7.31. The van der Waals surface area contributed by atoms with E-state index in [1.54, 1.807) is 18.3 Å². The zero-order valence-electron chi connectivity index (χ0n) is 10.5. The Bertz CT molecular complexity index is 553. The van der Waals surface area contributed by atoms with E-state index in [2.05, 4.69) is 4.98 Å². The zero-order valence-corrected chi connectivity index (χ0v) is 12.1. The number of hydrogen-bond donors (Lipinski definition) is 1. The van der Waals surface area contributed by atoms with Crippen LogP contribution in [0.2, 0.25) is 5.02 Å². The molecule has 0 aliphatic carbocycles. The van der Waals surface area contributed by atoms with Crippen LogP contribution in [0.25, 0.3) is 0 Å². The Hall–Kier alpha value is -1.30. The van der Waals surface area contributed by atoms with Gasteiger partial charge in [0.1, 0.15) is 23.2 Å². The van der Waals surface area contributed by atoms with E-state index in [4.69, 9.17) is 16.3 Å². The Morgan fingerprint density at radius 2 is 2.05 bits per heavy atom. The first kappa shape index (κ1) is 15.1. The molecule has 1 aromatic carbocycles. The van der Waals surface area contributed by atoms with Crippen molar-refractivity contribution in [2.75, 3.05) is 12.4 Å². The Morgan fingerprint density at radius 3 is 2.75 bits per heavy atom. The fourth-order valence-electron chi connectivity index (χ4n) is 1.42. The topological polar surface area (TPSA) is 42.4 Å². The molecule has 2 aromatic rings. The van der Waals surface area contributed by atoms with Gasteiger partial charge in [-0.3, -0.25) is 0 Å². The number of aliphatic hydroxyl groups excluding tert-OH is 1. The summed E-state index contributed by atoms with van der Waals surface area (Å²) >= 11 is 7.32. The normalized spacial score (nSPS) is 12.2. The molecule has 0 saturated carbocycles. The number of hydrogen-bond acceptors (Lipinski definition) is 4. The third-order valence-corrected chi connectivity index (χ3v) is 3.96. The summed E-state index contributed by atoms with van der Waals surface area (Å²) in [5, 5.41) is 11.1. The van der Waals surface area contributed by atoms with E-state index in [1.165, 1.54) is 36.0 Å². The van der Waals surface area contributed by atoms with Crippen LogP contribution >= 0.6 is 23.4 Å². The van der Waals surface area contributed by atoms with Crippen molar-refractivity contribution in [3.05, 3.63) is 53.4 Å². The second-order valence-electron chi connectivity index (χ2n) is 4.02. The maximum atomic E-state index is 12.7. The van der Waals surface area contributed by atoms with Crippen molar-refractivity contribution >= 4 is 23.4 Å². The third kappa shape index (κ3) is 4.67. The van der Waals surface area contributed by atoms with Crippen LogP contribution in [-0.2, 0) is 0 Å². The van der Waals surface area contributed by atoms with Gasteiger partial charge in [0.15, 0.2) is 0 Å². The van der Waals surface area contributed by atoms with Gasteiger partial charge in [-0.25, -0.2) is 9.37 Å². The molecule has 3 nitrogen and oxygen atoms in total. The molecular formula is C14H13ClFNO2S. The second-order valence-corrected chi connectivity index (χ2v) is 5.44. The van der Waals surface area contributed by atoms with Crippen LogP contribution in [-0.4, -0.2) is 28.6 Å². The van der Waals surface area contributed by atoms with Gasteiger partial charge in [0.05, 0.1) is 11.1 Å². The lowest BCUT2D eigenvalue weighted by atomic mass is 10.3. The maximum Gasteiger partial charge on any atom is 0.123 e. The van der Waals surface area contributed by atoms with Crippen molar-refractivity contribution < 1.29 is 14.2 Å². The number of ether oxygens (including phenoxy) is 1. The van der Waals surface area contributed by atoms with Crippen molar-refractivity contribution in [3.8, 4) is 5.75 Å². The van der Waals surface area contributed by atoms with Gasteiger partial charge in [-0.2, -0.15) is 0 Å². The minimum absolute atomic E-state index is 0.128. The lowest BCUT2D eigenvalue weighted by Gasteiger charge is -2.12. The molecule has 0 saturated heterocycles. The van der Waals surface area contributed by atoms with Gasteiger partial charge in [-0.05, 0) is 36.4 Å². The SMILES string of the molecule is OC(COc1ccc(F)cc1)CSc1ncccc1Cl. The van der Waals surface area contributed by atoms with E-state index in [1.807, 2.05) is 0 Å². The molecule has 106 valence electrons. The van der Waals surface area contributed by atoms with Crippen LogP contribution in [0.1, 0.15) is 0 Å². The molecule has 0 radical (unpaired) electrons. The van der Waals surface area contributed by atoms with Crippen LogP contribution in [0.4, 0.5) is 4.39 Å². The lowest BCUT2D eigenvalue weighted by molar-refractivity contribution is 0.126. The van der Waals surface area contributed by atoms with Crippen LogP contribution in [0.15, 0.2) is 47.6 Å². The van der Waals surface area contributed by atoms with E-state index in [0.717, 1.165) is 0 Å². The molecule has 0 aliphatic rings. The van der Waals surface area contributed by atoms with Crippen molar-refractivity contribution in [1.82, 2.24) is 4.98 Å². The van der Waals surface area contributed by atoms with E-state index >= 15 is 0 Å². The molecule has 1 atom stereocenters. The van der Waals surface area contributed by atoms with Crippen LogP contribution in [0, 0.1) is 5.82 Å². The second kappa shape index (κ2) is 7.47. The number of pyridine rings is 1. The molecule has 6 heteroatoms. The van der Waals surface area contributed by atoms with Crippen molar-refractivity contribution in [3.63, 3.8) is 0 Å². The molecule has 2 rings (SSSR count). The summed E-state index contributed by atoms with van der Waals surface area (Å²) in [6.07, 6.45) is 0.985. The van der Waals surface area contributed by atoms with E-state index in [9.17, 15) is 9.50 Å². The standard InChI is InChI=1S/C14H13ClFNO2S/c15-13-2-1-7-17-14(13)20-9-11(18)8-19-12-5-3-10(16)4-6-12/h1-7,11,18H,8-9H2. The lowest BCUT2D eigenvalue weighted by Crippen LogP contribution is -2.20.